The lowest BCUT2D eigenvalue weighted by atomic mass is 9.85. The summed E-state index contributed by atoms with van der Waals surface area (Å²) in [7, 11) is 1.81. The molecule has 20 heavy (non-hydrogen) atoms. The Balaban J connectivity index is 1.80. The molecule has 0 aromatic heterocycles. The number of rotatable bonds is 7. The Morgan fingerprint density at radius 2 is 2.10 bits per heavy atom. The second-order valence-corrected chi connectivity index (χ2v) is 7.01. The smallest absolute Gasteiger partial charge is 0.0547 e. The fraction of sp³-hybridized carbons (Fsp3) is 1.00. The standard InChI is InChI=1S/C16H32N2O2/c1-14(2)17-11-16(6-9-20-13-16)12-18-7-4-15(5-8-18)10-19-3/h14-15,17H,4-13H2,1-3H3. The molecule has 2 saturated heterocycles. The van der Waals surface area contributed by atoms with Crippen molar-refractivity contribution in [1.82, 2.24) is 10.2 Å². The van der Waals surface area contributed by atoms with E-state index in [0.29, 0.717) is 11.5 Å². The minimum atomic E-state index is 0.332. The van der Waals surface area contributed by atoms with Gasteiger partial charge in [-0.25, -0.2) is 0 Å². The van der Waals surface area contributed by atoms with Crippen molar-refractivity contribution in [3.8, 4) is 0 Å². The molecule has 1 unspecified atom stereocenters. The van der Waals surface area contributed by atoms with E-state index in [1.807, 2.05) is 7.11 Å². The Labute approximate surface area is 124 Å². The predicted molar refractivity (Wildman–Crippen MR) is 82.0 cm³/mol. The van der Waals surface area contributed by atoms with E-state index in [4.69, 9.17) is 9.47 Å². The average molecular weight is 284 g/mol. The van der Waals surface area contributed by atoms with Crippen molar-refractivity contribution >= 4 is 0 Å². The van der Waals surface area contributed by atoms with Crippen LogP contribution in [0.4, 0.5) is 0 Å². The molecule has 0 bridgehead atoms. The van der Waals surface area contributed by atoms with E-state index in [1.54, 1.807) is 0 Å². The third kappa shape index (κ3) is 4.69. The molecule has 0 aliphatic carbocycles. The first-order valence-electron chi connectivity index (χ1n) is 8.16. The van der Waals surface area contributed by atoms with Crippen LogP contribution >= 0.6 is 0 Å². The summed E-state index contributed by atoms with van der Waals surface area (Å²) in [6, 6.07) is 0.555. The second kappa shape index (κ2) is 7.74. The van der Waals surface area contributed by atoms with Gasteiger partial charge in [-0.2, -0.15) is 0 Å². The van der Waals surface area contributed by atoms with Crippen LogP contribution in [-0.2, 0) is 9.47 Å². The van der Waals surface area contributed by atoms with E-state index in [9.17, 15) is 0 Å². The highest BCUT2D eigenvalue weighted by Gasteiger charge is 2.37. The fourth-order valence-corrected chi connectivity index (χ4v) is 3.41. The number of nitrogens with zero attached hydrogens (tertiary/aromatic N) is 1. The maximum atomic E-state index is 5.71. The van der Waals surface area contributed by atoms with Gasteiger partial charge >= 0.3 is 0 Å². The molecule has 0 spiro atoms. The molecule has 0 radical (unpaired) electrons. The number of hydrogen-bond donors (Lipinski definition) is 1. The van der Waals surface area contributed by atoms with Crippen molar-refractivity contribution in [1.29, 1.82) is 0 Å². The normalized spacial score (nSPS) is 29.4. The van der Waals surface area contributed by atoms with Crippen molar-refractivity contribution in [2.75, 3.05) is 53.1 Å². The average Bonchev–Trinajstić information content (AvgIpc) is 2.88. The Kier molecular flexibility index (Phi) is 6.27. The van der Waals surface area contributed by atoms with Gasteiger partial charge in [0.1, 0.15) is 0 Å². The van der Waals surface area contributed by atoms with Crippen molar-refractivity contribution in [3.05, 3.63) is 0 Å². The van der Waals surface area contributed by atoms with E-state index in [1.165, 1.54) is 38.9 Å². The van der Waals surface area contributed by atoms with Gasteiger partial charge in [0.2, 0.25) is 0 Å². The molecular formula is C16H32N2O2. The zero-order valence-corrected chi connectivity index (χ0v) is 13.5. The van der Waals surface area contributed by atoms with Crippen molar-refractivity contribution in [2.45, 2.75) is 39.2 Å². The number of methoxy groups -OCH3 is 1. The molecule has 0 aromatic carbocycles. The number of hydrogen-bond acceptors (Lipinski definition) is 4. The van der Waals surface area contributed by atoms with Crippen LogP contribution in [0.15, 0.2) is 0 Å². The van der Waals surface area contributed by atoms with Gasteiger partial charge in [0, 0.05) is 44.9 Å². The summed E-state index contributed by atoms with van der Waals surface area (Å²) in [5, 5.41) is 3.62. The topological polar surface area (TPSA) is 33.7 Å². The third-order valence-electron chi connectivity index (χ3n) is 4.74. The van der Waals surface area contributed by atoms with Crippen LogP contribution in [0, 0.1) is 11.3 Å². The number of piperidine rings is 1. The molecule has 0 aromatic rings. The first kappa shape index (κ1) is 16.2. The van der Waals surface area contributed by atoms with Gasteiger partial charge in [-0.3, -0.25) is 0 Å². The lowest BCUT2D eigenvalue weighted by Crippen LogP contribution is -2.48. The molecule has 118 valence electrons. The summed E-state index contributed by atoms with van der Waals surface area (Å²) in [4.78, 5) is 2.64. The summed E-state index contributed by atoms with van der Waals surface area (Å²) in [6.07, 6.45) is 3.76. The highest BCUT2D eigenvalue weighted by molar-refractivity contribution is 4.90. The Hall–Kier alpha value is -0.160. The van der Waals surface area contributed by atoms with E-state index in [-0.39, 0.29) is 0 Å². The van der Waals surface area contributed by atoms with E-state index in [0.717, 1.165) is 32.3 Å². The fourth-order valence-electron chi connectivity index (χ4n) is 3.41. The maximum Gasteiger partial charge on any atom is 0.0547 e. The summed E-state index contributed by atoms with van der Waals surface area (Å²) < 4.78 is 11.0. The molecule has 1 N–H and O–H groups in total. The summed E-state index contributed by atoms with van der Waals surface area (Å²) in [5.41, 5.74) is 0.332. The van der Waals surface area contributed by atoms with E-state index < -0.39 is 0 Å². The molecule has 1 atom stereocenters. The predicted octanol–water partition coefficient (Wildman–Crippen LogP) is 1.75. The van der Waals surface area contributed by atoms with Crippen LogP contribution < -0.4 is 5.32 Å². The summed E-state index contributed by atoms with van der Waals surface area (Å²) >= 11 is 0. The lowest BCUT2D eigenvalue weighted by Gasteiger charge is -2.38. The quantitative estimate of drug-likeness (QED) is 0.772. The first-order valence-corrected chi connectivity index (χ1v) is 8.16. The van der Waals surface area contributed by atoms with Gasteiger partial charge in [0.25, 0.3) is 0 Å². The SMILES string of the molecule is COCC1CCN(CC2(CNC(C)C)CCOC2)CC1. The summed E-state index contributed by atoms with van der Waals surface area (Å²) in [6.45, 7) is 11.9. The van der Waals surface area contributed by atoms with Gasteiger partial charge in [0.05, 0.1) is 6.61 Å². The third-order valence-corrected chi connectivity index (χ3v) is 4.74. The minimum absolute atomic E-state index is 0.332. The zero-order valence-electron chi connectivity index (χ0n) is 13.5. The molecule has 2 aliphatic heterocycles. The van der Waals surface area contributed by atoms with Gasteiger partial charge < -0.3 is 19.7 Å². The van der Waals surface area contributed by atoms with Gasteiger partial charge in [-0.05, 0) is 38.3 Å². The molecule has 4 nitrogen and oxygen atoms in total. The maximum absolute atomic E-state index is 5.71. The summed E-state index contributed by atoms with van der Waals surface area (Å²) in [5.74, 6) is 0.765. The van der Waals surface area contributed by atoms with Gasteiger partial charge in [-0.1, -0.05) is 13.8 Å². The van der Waals surface area contributed by atoms with Gasteiger partial charge in [-0.15, -0.1) is 0 Å². The molecule has 0 amide bonds. The lowest BCUT2D eigenvalue weighted by molar-refractivity contribution is 0.0639. The number of likely N-dealkylation sites (tertiary alicyclic amines) is 1. The number of nitrogens with one attached hydrogen (secondary N) is 1. The van der Waals surface area contributed by atoms with Crippen molar-refractivity contribution in [3.63, 3.8) is 0 Å². The first-order chi connectivity index (χ1) is 9.63. The largest absolute Gasteiger partial charge is 0.384 e. The van der Waals surface area contributed by atoms with Crippen molar-refractivity contribution in [2.24, 2.45) is 11.3 Å². The molecule has 2 heterocycles. The Bertz CT molecular complexity index is 270. The zero-order chi connectivity index (χ0) is 14.4. The molecule has 4 heteroatoms. The van der Waals surface area contributed by atoms with Crippen LogP contribution in [0.1, 0.15) is 33.1 Å². The van der Waals surface area contributed by atoms with Crippen LogP contribution in [-0.4, -0.2) is 64.1 Å². The second-order valence-electron chi connectivity index (χ2n) is 7.01. The molecule has 2 rings (SSSR count). The van der Waals surface area contributed by atoms with Gasteiger partial charge in [0.15, 0.2) is 0 Å². The van der Waals surface area contributed by atoms with Crippen LogP contribution in [0.5, 0.6) is 0 Å². The van der Waals surface area contributed by atoms with Crippen LogP contribution in [0.2, 0.25) is 0 Å². The van der Waals surface area contributed by atoms with Crippen molar-refractivity contribution < 1.29 is 9.47 Å². The molecular weight excluding hydrogens is 252 g/mol. The number of ether oxygens (including phenoxy) is 2. The monoisotopic (exact) mass is 284 g/mol. The van der Waals surface area contributed by atoms with Crippen LogP contribution in [0.25, 0.3) is 0 Å². The molecule has 2 aliphatic rings. The molecule has 0 saturated carbocycles. The minimum Gasteiger partial charge on any atom is -0.384 e. The highest BCUT2D eigenvalue weighted by Crippen LogP contribution is 2.31. The van der Waals surface area contributed by atoms with Crippen LogP contribution in [0.3, 0.4) is 0 Å². The Morgan fingerprint density at radius 3 is 2.65 bits per heavy atom. The molecule has 2 fully saturated rings. The Morgan fingerprint density at radius 1 is 1.35 bits per heavy atom. The van der Waals surface area contributed by atoms with E-state index in [2.05, 4.69) is 24.1 Å². The van der Waals surface area contributed by atoms with E-state index >= 15 is 0 Å². The highest BCUT2D eigenvalue weighted by atomic mass is 16.5.